The normalized spacial score (nSPS) is 10.6. The summed E-state index contributed by atoms with van der Waals surface area (Å²) >= 11 is 9.94. The lowest BCUT2D eigenvalue weighted by molar-refractivity contribution is 0.102. The number of anilines is 2. The Hall–Kier alpha value is -3.75. The monoisotopic (exact) mass is 548 g/mol. The zero-order valence-corrected chi connectivity index (χ0v) is 20.1. The van der Waals surface area contributed by atoms with E-state index in [0.717, 1.165) is 27.1 Å². The highest BCUT2D eigenvalue weighted by atomic mass is 79.9. The van der Waals surface area contributed by atoms with Crippen molar-refractivity contribution in [2.45, 2.75) is 14.0 Å². The number of amides is 1. The van der Waals surface area contributed by atoms with E-state index in [2.05, 4.69) is 36.6 Å². The summed E-state index contributed by atoms with van der Waals surface area (Å²) in [4.78, 5) is 21.3. The molecule has 1 amide bonds. The molecule has 0 fully saturated rings. The number of benzene rings is 2. The third-order valence-corrected chi connectivity index (χ3v) is 6.02. The van der Waals surface area contributed by atoms with Gasteiger partial charge in [-0.15, -0.1) is 0 Å². The molecule has 0 aliphatic heterocycles. The molecule has 0 atom stereocenters. The highest BCUT2D eigenvalue weighted by molar-refractivity contribution is 9.10. The van der Waals surface area contributed by atoms with Crippen molar-refractivity contribution in [3.05, 3.63) is 106 Å². The molecular weight excluding hydrogens is 528 g/mol. The van der Waals surface area contributed by atoms with Gasteiger partial charge < -0.3 is 10.6 Å². The molecule has 7 nitrogen and oxygen atoms in total. The summed E-state index contributed by atoms with van der Waals surface area (Å²) < 4.78 is 2.51. The van der Waals surface area contributed by atoms with Crippen LogP contribution in [-0.2, 0) is 6.54 Å². The van der Waals surface area contributed by atoms with Gasteiger partial charge in [0.2, 0.25) is 0 Å². The number of rotatable bonds is 6. The van der Waals surface area contributed by atoms with Gasteiger partial charge in [0, 0.05) is 35.1 Å². The first kappa shape index (κ1) is 24.4. The molecule has 3 heterocycles. The van der Waals surface area contributed by atoms with Crippen molar-refractivity contribution in [3.63, 3.8) is 0 Å². The minimum absolute atomic E-state index is 0. The highest BCUT2D eigenvalue weighted by Gasteiger charge is 2.13. The number of carbonyl (C=O) groups is 1. The minimum atomic E-state index is -0.257. The number of pyridine rings is 1. The Labute approximate surface area is 216 Å². The Morgan fingerprint density at radius 3 is 2.66 bits per heavy atom. The van der Waals surface area contributed by atoms with Crippen LogP contribution in [0.15, 0.2) is 89.7 Å². The SMILES string of the molecule is C.O=C(Nc1cccc(CNc2cc(-c3ccccc3Cl)nc3c(Br)cnn23)c1)c1ccccn1. The average Bonchev–Trinajstić information content (AvgIpc) is 3.24. The molecule has 0 aliphatic rings. The Kier molecular flexibility index (Phi) is 7.43. The minimum Gasteiger partial charge on any atom is -0.366 e. The second kappa shape index (κ2) is 10.7. The van der Waals surface area contributed by atoms with E-state index in [0.29, 0.717) is 28.6 Å². The second-order valence-corrected chi connectivity index (χ2v) is 8.72. The fourth-order valence-corrected chi connectivity index (χ4v) is 4.09. The molecule has 0 spiro atoms. The molecule has 0 saturated carbocycles. The molecule has 2 aromatic carbocycles. The summed E-state index contributed by atoms with van der Waals surface area (Å²) in [7, 11) is 0. The fraction of sp³-hybridized carbons (Fsp3) is 0.0769. The summed E-state index contributed by atoms with van der Waals surface area (Å²) in [6, 6.07) is 22.4. The summed E-state index contributed by atoms with van der Waals surface area (Å²) in [6.45, 7) is 0.506. The molecule has 5 aromatic rings. The molecule has 0 saturated heterocycles. The lowest BCUT2D eigenvalue weighted by atomic mass is 10.1. The summed E-state index contributed by atoms with van der Waals surface area (Å²) in [5, 5.41) is 11.4. The van der Waals surface area contributed by atoms with Gasteiger partial charge in [-0.3, -0.25) is 9.78 Å². The molecular formula is C26H22BrClN6O. The molecule has 2 N–H and O–H groups in total. The number of nitrogens with one attached hydrogen (secondary N) is 2. The first-order valence-electron chi connectivity index (χ1n) is 10.4. The van der Waals surface area contributed by atoms with Gasteiger partial charge in [0.1, 0.15) is 11.5 Å². The number of aromatic nitrogens is 4. The highest BCUT2D eigenvalue weighted by Crippen LogP contribution is 2.30. The van der Waals surface area contributed by atoms with E-state index in [1.54, 1.807) is 35.1 Å². The van der Waals surface area contributed by atoms with Crippen LogP contribution in [0.4, 0.5) is 11.5 Å². The Morgan fingerprint density at radius 1 is 1.03 bits per heavy atom. The average molecular weight is 550 g/mol. The van der Waals surface area contributed by atoms with Crippen molar-refractivity contribution in [1.82, 2.24) is 19.6 Å². The van der Waals surface area contributed by atoms with Crippen LogP contribution < -0.4 is 10.6 Å². The molecule has 0 radical (unpaired) electrons. The van der Waals surface area contributed by atoms with Gasteiger partial charge in [-0.05, 0) is 51.8 Å². The van der Waals surface area contributed by atoms with Gasteiger partial charge >= 0.3 is 0 Å². The van der Waals surface area contributed by atoms with E-state index in [1.165, 1.54) is 0 Å². The molecule has 5 rings (SSSR count). The van der Waals surface area contributed by atoms with Crippen molar-refractivity contribution in [2.75, 3.05) is 10.6 Å². The Balaban J connectivity index is 0.00000289. The Bertz CT molecular complexity index is 1490. The molecule has 0 unspecified atom stereocenters. The van der Waals surface area contributed by atoms with E-state index in [9.17, 15) is 4.79 Å². The maximum atomic E-state index is 12.4. The zero-order chi connectivity index (χ0) is 23.5. The van der Waals surface area contributed by atoms with Crippen molar-refractivity contribution in [3.8, 4) is 11.3 Å². The molecule has 35 heavy (non-hydrogen) atoms. The quantitative estimate of drug-likeness (QED) is 0.246. The molecule has 0 bridgehead atoms. The predicted octanol–water partition coefficient (Wildman–Crippen LogP) is 6.71. The largest absolute Gasteiger partial charge is 0.366 e. The Morgan fingerprint density at radius 2 is 1.86 bits per heavy atom. The van der Waals surface area contributed by atoms with E-state index in [4.69, 9.17) is 16.6 Å². The van der Waals surface area contributed by atoms with Crippen LogP contribution >= 0.6 is 27.5 Å². The first-order chi connectivity index (χ1) is 16.6. The number of carbonyl (C=O) groups excluding carboxylic acids is 1. The summed E-state index contributed by atoms with van der Waals surface area (Å²) in [6.07, 6.45) is 3.30. The summed E-state index contributed by atoms with van der Waals surface area (Å²) in [5.41, 5.74) is 4.28. The van der Waals surface area contributed by atoms with E-state index in [1.807, 2.05) is 54.6 Å². The first-order valence-corrected chi connectivity index (χ1v) is 11.6. The third-order valence-electron chi connectivity index (χ3n) is 5.13. The topological polar surface area (TPSA) is 84.2 Å². The van der Waals surface area contributed by atoms with Crippen molar-refractivity contribution in [2.24, 2.45) is 0 Å². The van der Waals surface area contributed by atoms with Gasteiger partial charge in [0.05, 0.1) is 16.4 Å². The van der Waals surface area contributed by atoms with E-state index >= 15 is 0 Å². The third kappa shape index (κ3) is 5.34. The van der Waals surface area contributed by atoms with Crippen LogP contribution in [0.5, 0.6) is 0 Å². The van der Waals surface area contributed by atoms with E-state index in [-0.39, 0.29) is 13.3 Å². The maximum absolute atomic E-state index is 12.4. The van der Waals surface area contributed by atoms with Gasteiger partial charge in [-0.25, -0.2) is 4.98 Å². The van der Waals surface area contributed by atoms with Gasteiger partial charge in [0.25, 0.3) is 5.91 Å². The van der Waals surface area contributed by atoms with Crippen molar-refractivity contribution < 1.29 is 4.79 Å². The van der Waals surface area contributed by atoms with Gasteiger partial charge in [0.15, 0.2) is 5.65 Å². The van der Waals surface area contributed by atoms with Crippen LogP contribution in [0.1, 0.15) is 23.5 Å². The van der Waals surface area contributed by atoms with E-state index < -0.39 is 0 Å². The van der Waals surface area contributed by atoms with Crippen molar-refractivity contribution in [1.29, 1.82) is 0 Å². The molecule has 3 aromatic heterocycles. The molecule has 0 aliphatic carbocycles. The van der Waals surface area contributed by atoms with Crippen molar-refractivity contribution >= 4 is 50.6 Å². The number of nitrogens with zero attached hydrogens (tertiary/aromatic N) is 4. The van der Waals surface area contributed by atoms with Crippen LogP contribution in [-0.4, -0.2) is 25.5 Å². The fourth-order valence-electron chi connectivity index (χ4n) is 3.51. The van der Waals surface area contributed by atoms with Gasteiger partial charge in [-0.2, -0.15) is 9.61 Å². The maximum Gasteiger partial charge on any atom is 0.274 e. The molecule has 9 heteroatoms. The smallest absolute Gasteiger partial charge is 0.274 e. The van der Waals surface area contributed by atoms with Crippen LogP contribution in [0.3, 0.4) is 0 Å². The number of hydrogen-bond donors (Lipinski definition) is 2. The van der Waals surface area contributed by atoms with Crippen LogP contribution in [0.25, 0.3) is 16.9 Å². The zero-order valence-electron chi connectivity index (χ0n) is 17.7. The second-order valence-electron chi connectivity index (χ2n) is 7.46. The lowest BCUT2D eigenvalue weighted by Gasteiger charge is -2.12. The van der Waals surface area contributed by atoms with Crippen LogP contribution in [0, 0.1) is 0 Å². The number of hydrogen-bond acceptors (Lipinski definition) is 5. The van der Waals surface area contributed by atoms with Gasteiger partial charge in [-0.1, -0.05) is 55.4 Å². The molecule has 176 valence electrons. The summed E-state index contributed by atoms with van der Waals surface area (Å²) in [5.74, 6) is 0.501. The number of fused-ring (bicyclic) bond motifs is 1. The predicted molar refractivity (Wildman–Crippen MR) is 144 cm³/mol. The standard InChI is InChI=1S/C25H18BrClN6O.CH4/c26-19-15-30-33-23(13-22(32-24(19)33)18-8-1-2-9-20(18)27)29-14-16-6-5-7-17(12-16)31-25(34)21-10-3-4-11-28-21;/h1-13,15,29H,14H2,(H,31,34);1H4. The number of halogens is 2. The van der Waals surface area contributed by atoms with Crippen LogP contribution in [0.2, 0.25) is 5.02 Å². The lowest BCUT2D eigenvalue weighted by Crippen LogP contribution is -2.13.